The maximum atomic E-state index is 13.3. The van der Waals surface area contributed by atoms with Crippen molar-refractivity contribution in [2.75, 3.05) is 13.2 Å². The van der Waals surface area contributed by atoms with Gasteiger partial charge in [-0.2, -0.15) is 0 Å². The number of sulfonamides is 1. The molecule has 1 aliphatic carbocycles. The molecule has 1 amide bonds. The van der Waals surface area contributed by atoms with Crippen LogP contribution in [-0.4, -0.2) is 49.1 Å². The van der Waals surface area contributed by atoms with E-state index < -0.39 is 15.6 Å². The average Bonchev–Trinajstić information content (AvgIpc) is 3.31. The van der Waals surface area contributed by atoms with Crippen LogP contribution in [0.5, 0.6) is 0 Å². The van der Waals surface area contributed by atoms with Crippen LogP contribution in [0.3, 0.4) is 0 Å². The van der Waals surface area contributed by atoms with Gasteiger partial charge in [-0.15, -0.1) is 11.3 Å². The maximum absolute atomic E-state index is 13.3. The number of rotatable bonds is 7. The molecule has 2 aliphatic rings. The van der Waals surface area contributed by atoms with Crippen molar-refractivity contribution in [2.24, 2.45) is 5.92 Å². The predicted molar refractivity (Wildman–Crippen MR) is 155 cm³/mol. The third kappa shape index (κ3) is 6.67. The van der Waals surface area contributed by atoms with Crippen molar-refractivity contribution >= 4 is 38.2 Å². The zero-order chi connectivity index (χ0) is 27.6. The normalized spacial score (nSPS) is 17.9. The summed E-state index contributed by atoms with van der Waals surface area (Å²) in [4.78, 5) is 23.7. The first-order valence-electron chi connectivity index (χ1n) is 13.9. The first-order chi connectivity index (χ1) is 18.6. The highest BCUT2D eigenvalue weighted by atomic mass is 32.2. The molecule has 210 valence electrons. The lowest BCUT2D eigenvalue weighted by Crippen LogP contribution is -2.40. The molecule has 39 heavy (non-hydrogen) atoms. The smallest absolute Gasteiger partial charge is 0.280 e. The number of carbonyl (C=O) groups excluding carboxylic acids is 1. The number of ether oxygens (including phenoxy) is 1. The van der Waals surface area contributed by atoms with E-state index >= 15 is 0 Å². The van der Waals surface area contributed by atoms with E-state index in [1.54, 1.807) is 12.3 Å². The molecule has 2 fully saturated rings. The quantitative estimate of drug-likeness (QED) is 0.390. The molecule has 0 spiro atoms. The largest absolute Gasteiger partial charge is 0.381 e. The Morgan fingerprint density at radius 2 is 1.82 bits per heavy atom. The number of nitrogens with zero attached hydrogens (tertiary/aromatic N) is 2. The van der Waals surface area contributed by atoms with Gasteiger partial charge in [0.2, 0.25) is 10.0 Å². The molecule has 5 rings (SSSR count). The minimum absolute atomic E-state index is 0.0882. The van der Waals surface area contributed by atoms with Crippen LogP contribution in [0.2, 0.25) is 0 Å². The SMILES string of the molecule is CC(C)(C)NS(=O)(=O)c1ccc(-c2sc(C(=O)NC3CCOCC3)nc2CC2CCCCC2)c2cccnc12. The summed E-state index contributed by atoms with van der Waals surface area (Å²) in [5.41, 5.74) is 1.56. The van der Waals surface area contributed by atoms with Gasteiger partial charge in [0.1, 0.15) is 4.90 Å². The van der Waals surface area contributed by atoms with E-state index in [1.165, 1.54) is 43.4 Å². The van der Waals surface area contributed by atoms with Gasteiger partial charge in [-0.3, -0.25) is 9.78 Å². The number of hydrogen-bond donors (Lipinski definition) is 2. The number of hydrogen-bond acceptors (Lipinski definition) is 7. The molecule has 8 nitrogen and oxygen atoms in total. The van der Waals surface area contributed by atoms with Gasteiger partial charge in [0.05, 0.1) is 16.1 Å². The van der Waals surface area contributed by atoms with Crippen molar-refractivity contribution in [3.63, 3.8) is 0 Å². The number of carbonyl (C=O) groups is 1. The molecule has 0 radical (unpaired) electrons. The van der Waals surface area contributed by atoms with Gasteiger partial charge in [-0.1, -0.05) is 44.2 Å². The highest BCUT2D eigenvalue weighted by Crippen LogP contribution is 2.39. The van der Waals surface area contributed by atoms with E-state index in [-0.39, 0.29) is 16.8 Å². The predicted octanol–water partition coefficient (Wildman–Crippen LogP) is 5.47. The first-order valence-corrected chi connectivity index (χ1v) is 16.2. The summed E-state index contributed by atoms with van der Waals surface area (Å²) >= 11 is 1.39. The van der Waals surface area contributed by atoms with E-state index in [0.717, 1.165) is 40.8 Å². The van der Waals surface area contributed by atoms with Crippen molar-refractivity contribution in [1.29, 1.82) is 0 Å². The van der Waals surface area contributed by atoms with Gasteiger partial charge in [0.15, 0.2) is 5.01 Å². The molecule has 0 atom stereocenters. The number of thiazole rings is 1. The number of amides is 1. The van der Waals surface area contributed by atoms with Gasteiger partial charge >= 0.3 is 0 Å². The third-order valence-electron chi connectivity index (χ3n) is 7.36. The van der Waals surface area contributed by atoms with Crippen LogP contribution in [-0.2, 0) is 21.2 Å². The molecular formula is C29H38N4O4S2. The minimum Gasteiger partial charge on any atom is -0.381 e. The number of pyridine rings is 1. The molecule has 3 aromatic rings. The zero-order valence-electron chi connectivity index (χ0n) is 23.0. The second-order valence-electron chi connectivity index (χ2n) is 11.7. The molecule has 1 saturated heterocycles. The lowest BCUT2D eigenvalue weighted by atomic mass is 9.85. The van der Waals surface area contributed by atoms with Crippen molar-refractivity contribution in [2.45, 2.75) is 88.6 Å². The van der Waals surface area contributed by atoms with Crippen molar-refractivity contribution in [3.8, 4) is 10.4 Å². The first kappa shape index (κ1) is 28.1. The fraction of sp³-hybridized carbons (Fsp3) is 0.552. The van der Waals surface area contributed by atoms with E-state index in [4.69, 9.17) is 9.72 Å². The Balaban J connectivity index is 1.56. The van der Waals surface area contributed by atoms with Crippen LogP contribution < -0.4 is 10.0 Å². The van der Waals surface area contributed by atoms with Crippen molar-refractivity contribution in [3.05, 3.63) is 41.2 Å². The molecule has 0 unspecified atom stereocenters. The van der Waals surface area contributed by atoms with Crippen LogP contribution in [0.15, 0.2) is 35.4 Å². The number of aromatic nitrogens is 2. The average molecular weight is 571 g/mol. The van der Waals surface area contributed by atoms with Gasteiger partial charge in [0.25, 0.3) is 5.91 Å². The molecule has 0 bridgehead atoms. The highest BCUT2D eigenvalue weighted by molar-refractivity contribution is 7.89. The van der Waals surface area contributed by atoms with Gasteiger partial charge in [-0.25, -0.2) is 18.1 Å². The summed E-state index contributed by atoms with van der Waals surface area (Å²) in [7, 11) is -3.80. The Bertz CT molecular complexity index is 1430. The van der Waals surface area contributed by atoms with E-state index in [1.807, 2.05) is 39.0 Å². The molecule has 3 heterocycles. The van der Waals surface area contributed by atoms with E-state index in [2.05, 4.69) is 15.0 Å². The third-order valence-corrected chi connectivity index (χ3v) is 10.3. The monoisotopic (exact) mass is 570 g/mol. The summed E-state index contributed by atoms with van der Waals surface area (Å²) in [6, 6.07) is 7.29. The van der Waals surface area contributed by atoms with E-state index in [0.29, 0.717) is 29.7 Å². The van der Waals surface area contributed by atoms with Crippen molar-refractivity contribution < 1.29 is 17.9 Å². The van der Waals surface area contributed by atoms with Crippen LogP contribution in [0.1, 0.15) is 81.2 Å². The lowest BCUT2D eigenvalue weighted by Gasteiger charge is -2.22. The Hall–Kier alpha value is -2.40. The molecule has 2 aromatic heterocycles. The molecular weight excluding hydrogens is 532 g/mol. The van der Waals surface area contributed by atoms with Crippen LogP contribution >= 0.6 is 11.3 Å². The number of nitrogens with one attached hydrogen (secondary N) is 2. The number of fused-ring (bicyclic) bond motifs is 1. The Labute approximate surface area is 235 Å². The summed E-state index contributed by atoms with van der Waals surface area (Å²) in [5.74, 6) is 0.380. The second kappa shape index (κ2) is 11.6. The molecule has 2 N–H and O–H groups in total. The van der Waals surface area contributed by atoms with Crippen LogP contribution in [0.4, 0.5) is 0 Å². The zero-order valence-corrected chi connectivity index (χ0v) is 24.6. The summed E-state index contributed by atoms with van der Waals surface area (Å²) in [5, 5.41) is 4.33. The van der Waals surface area contributed by atoms with Gasteiger partial charge in [0, 0.05) is 41.9 Å². The number of benzene rings is 1. The van der Waals surface area contributed by atoms with Gasteiger partial charge in [-0.05, 0) is 58.1 Å². The molecule has 10 heteroatoms. The van der Waals surface area contributed by atoms with Crippen molar-refractivity contribution in [1.82, 2.24) is 20.0 Å². The molecule has 1 saturated carbocycles. The summed E-state index contributed by atoms with van der Waals surface area (Å²) < 4.78 is 34.8. The summed E-state index contributed by atoms with van der Waals surface area (Å²) in [6.45, 7) is 6.75. The Kier molecular flexibility index (Phi) is 8.37. The molecule has 1 aliphatic heterocycles. The van der Waals surface area contributed by atoms with Gasteiger partial charge < -0.3 is 10.1 Å². The highest BCUT2D eigenvalue weighted by Gasteiger charge is 2.28. The van der Waals surface area contributed by atoms with Crippen LogP contribution in [0, 0.1) is 5.92 Å². The van der Waals surface area contributed by atoms with E-state index in [9.17, 15) is 13.2 Å². The Morgan fingerprint density at radius 1 is 1.08 bits per heavy atom. The second-order valence-corrected chi connectivity index (χ2v) is 14.4. The summed E-state index contributed by atoms with van der Waals surface area (Å²) in [6.07, 6.45) is 10.1. The van der Waals surface area contributed by atoms with Crippen LogP contribution in [0.25, 0.3) is 21.3 Å². The fourth-order valence-corrected chi connectivity index (χ4v) is 8.19. The lowest BCUT2D eigenvalue weighted by molar-refractivity contribution is 0.0696. The Morgan fingerprint density at radius 3 is 2.54 bits per heavy atom. The minimum atomic E-state index is -3.80. The fourth-order valence-electron chi connectivity index (χ4n) is 5.57. The maximum Gasteiger partial charge on any atom is 0.280 e. The standard InChI is InChI=1S/C29H38N4O4S2/c1-29(2,3)33-39(35,36)24-12-11-22(21-10-7-15-30-25(21)24)26-23(18-19-8-5-4-6-9-19)32-28(38-26)27(34)31-20-13-16-37-17-14-20/h7,10-12,15,19-20,33H,4-6,8-9,13-14,16-18H2,1-3H3,(H,31,34). The topological polar surface area (TPSA) is 110 Å². The molecule has 1 aromatic carbocycles.